The topological polar surface area (TPSA) is 72.2 Å². The third-order valence-corrected chi connectivity index (χ3v) is 3.73. The van der Waals surface area contributed by atoms with Crippen molar-refractivity contribution in [3.05, 3.63) is 34.9 Å². The van der Waals surface area contributed by atoms with Crippen molar-refractivity contribution in [2.45, 2.75) is 19.4 Å². The van der Waals surface area contributed by atoms with Crippen molar-refractivity contribution in [2.75, 3.05) is 11.5 Å². The summed E-state index contributed by atoms with van der Waals surface area (Å²) in [6, 6.07) is 6.35. The van der Waals surface area contributed by atoms with E-state index in [9.17, 15) is 9.59 Å². The number of amides is 2. The first-order valence-corrected chi connectivity index (χ1v) is 7.27. The standard InChI is InChI=1S/C13H17ClN2O2S/c1-13(2,15)8-19-7-11(17)16-12(18)9-3-5-10(14)6-4-9/h3-6H,7-8,15H2,1-2H3,(H,16,17,18). The summed E-state index contributed by atoms with van der Waals surface area (Å²) in [6.07, 6.45) is 0. The first-order chi connectivity index (χ1) is 8.78. The molecule has 0 aliphatic heterocycles. The molecular weight excluding hydrogens is 284 g/mol. The Labute approximate surface area is 122 Å². The van der Waals surface area contributed by atoms with Crippen LogP contribution in [0.3, 0.4) is 0 Å². The van der Waals surface area contributed by atoms with E-state index in [2.05, 4.69) is 5.32 Å². The van der Waals surface area contributed by atoms with Gasteiger partial charge in [0.1, 0.15) is 0 Å². The maximum Gasteiger partial charge on any atom is 0.257 e. The molecule has 0 aliphatic carbocycles. The van der Waals surface area contributed by atoms with Gasteiger partial charge in [-0.2, -0.15) is 11.8 Å². The molecule has 0 saturated carbocycles. The lowest BCUT2D eigenvalue weighted by Gasteiger charge is -2.17. The fourth-order valence-corrected chi connectivity index (χ4v) is 2.25. The van der Waals surface area contributed by atoms with Crippen molar-refractivity contribution in [3.8, 4) is 0 Å². The van der Waals surface area contributed by atoms with Gasteiger partial charge in [0.25, 0.3) is 5.91 Å². The predicted molar refractivity (Wildman–Crippen MR) is 79.5 cm³/mol. The lowest BCUT2D eigenvalue weighted by atomic mass is 10.1. The summed E-state index contributed by atoms with van der Waals surface area (Å²) < 4.78 is 0. The van der Waals surface area contributed by atoms with Crippen LogP contribution < -0.4 is 11.1 Å². The zero-order chi connectivity index (χ0) is 14.5. The van der Waals surface area contributed by atoms with E-state index in [1.807, 2.05) is 13.8 Å². The predicted octanol–water partition coefficient (Wildman–Crippen LogP) is 2.07. The van der Waals surface area contributed by atoms with Gasteiger partial charge in [0.05, 0.1) is 5.75 Å². The molecule has 0 aromatic heterocycles. The molecule has 0 radical (unpaired) electrons. The Balaban J connectivity index is 2.40. The molecule has 2 amide bonds. The lowest BCUT2D eigenvalue weighted by Crippen LogP contribution is -2.36. The highest BCUT2D eigenvalue weighted by molar-refractivity contribution is 8.00. The van der Waals surface area contributed by atoms with E-state index < -0.39 is 5.91 Å². The SMILES string of the molecule is CC(C)(N)CSCC(=O)NC(=O)c1ccc(Cl)cc1. The number of carbonyl (C=O) groups is 2. The van der Waals surface area contributed by atoms with Crippen LogP contribution in [0.1, 0.15) is 24.2 Å². The molecular formula is C13H17ClN2O2S. The van der Waals surface area contributed by atoms with E-state index >= 15 is 0 Å². The molecule has 0 bridgehead atoms. The summed E-state index contributed by atoms with van der Waals surface area (Å²) in [4.78, 5) is 23.3. The number of hydrogen-bond acceptors (Lipinski definition) is 4. The Morgan fingerprint density at radius 2 is 1.89 bits per heavy atom. The quantitative estimate of drug-likeness (QED) is 0.873. The van der Waals surface area contributed by atoms with Crippen molar-refractivity contribution in [2.24, 2.45) is 5.73 Å². The first-order valence-electron chi connectivity index (χ1n) is 5.74. The van der Waals surface area contributed by atoms with Crippen molar-refractivity contribution in [1.29, 1.82) is 0 Å². The van der Waals surface area contributed by atoms with E-state index in [1.165, 1.54) is 11.8 Å². The minimum atomic E-state index is -0.422. The van der Waals surface area contributed by atoms with E-state index in [0.29, 0.717) is 16.3 Å². The third kappa shape index (κ3) is 6.61. The minimum absolute atomic E-state index is 0.208. The average molecular weight is 301 g/mol. The Morgan fingerprint density at radius 1 is 1.32 bits per heavy atom. The van der Waals surface area contributed by atoms with Crippen LogP contribution in [0.5, 0.6) is 0 Å². The second kappa shape index (κ2) is 6.93. The van der Waals surface area contributed by atoms with Crippen LogP contribution >= 0.6 is 23.4 Å². The van der Waals surface area contributed by atoms with E-state index in [4.69, 9.17) is 17.3 Å². The number of halogens is 1. The lowest BCUT2D eigenvalue weighted by molar-refractivity contribution is -0.117. The summed E-state index contributed by atoms with van der Waals surface area (Å²) in [5.41, 5.74) is 5.87. The molecule has 1 aromatic rings. The highest BCUT2D eigenvalue weighted by Crippen LogP contribution is 2.10. The molecule has 1 aromatic carbocycles. The largest absolute Gasteiger partial charge is 0.325 e. The monoisotopic (exact) mass is 300 g/mol. The van der Waals surface area contributed by atoms with Gasteiger partial charge in [0, 0.05) is 21.9 Å². The molecule has 0 heterocycles. The maximum absolute atomic E-state index is 11.7. The number of nitrogens with two attached hydrogens (primary N) is 1. The van der Waals surface area contributed by atoms with Crippen LogP contribution in [0, 0.1) is 0 Å². The van der Waals surface area contributed by atoms with Crippen LogP contribution in [0.4, 0.5) is 0 Å². The summed E-state index contributed by atoms with van der Waals surface area (Å²) in [5.74, 6) is 0.110. The summed E-state index contributed by atoms with van der Waals surface area (Å²) in [5, 5.41) is 2.86. The molecule has 19 heavy (non-hydrogen) atoms. The van der Waals surface area contributed by atoms with Gasteiger partial charge in [-0.25, -0.2) is 0 Å². The Morgan fingerprint density at radius 3 is 2.42 bits per heavy atom. The number of benzene rings is 1. The highest BCUT2D eigenvalue weighted by Gasteiger charge is 2.14. The van der Waals surface area contributed by atoms with Gasteiger partial charge in [-0.15, -0.1) is 0 Å². The summed E-state index contributed by atoms with van der Waals surface area (Å²) in [6.45, 7) is 3.77. The van der Waals surface area contributed by atoms with Crippen LogP contribution in [-0.2, 0) is 4.79 Å². The van der Waals surface area contributed by atoms with Gasteiger partial charge < -0.3 is 5.73 Å². The summed E-state index contributed by atoms with van der Waals surface area (Å²) in [7, 11) is 0. The van der Waals surface area contributed by atoms with Crippen LogP contribution in [0.2, 0.25) is 5.02 Å². The Kier molecular flexibility index (Phi) is 5.85. The number of hydrogen-bond donors (Lipinski definition) is 2. The molecule has 3 N–H and O–H groups in total. The normalized spacial score (nSPS) is 11.2. The number of imide groups is 1. The van der Waals surface area contributed by atoms with Gasteiger partial charge in [0.2, 0.25) is 5.91 Å². The number of nitrogens with one attached hydrogen (secondary N) is 1. The van der Waals surface area contributed by atoms with E-state index in [1.54, 1.807) is 24.3 Å². The van der Waals surface area contributed by atoms with E-state index in [-0.39, 0.29) is 17.2 Å². The van der Waals surface area contributed by atoms with Crippen LogP contribution in [0.15, 0.2) is 24.3 Å². The van der Waals surface area contributed by atoms with Crippen LogP contribution in [0.25, 0.3) is 0 Å². The van der Waals surface area contributed by atoms with Crippen molar-refractivity contribution in [3.63, 3.8) is 0 Å². The zero-order valence-electron chi connectivity index (χ0n) is 10.9. The smallest absolute Gasteiger partial charge is 0.257 e. The fraction of sp³-hybridized carbons (Fsp3) is 0.385. The molecule has 0 fully saturated rings. The Hall–Kier alpha value is -1.04. The molecule has 104 valence electrons. The molecule has 6 heteroatoms. The van der Waals surface area contributed by atoms with Crippen molar-refractivity contribution >= 4 is 35.2 Å². The molecule has 0 spiro atoms. The van der Waals surface area contributed by atoms with Gasteiger partial charge >= 0.3 is 0 Å². The molecule has 0 aliphatic rings. The Bertz CT molecular complexity index is 455. The molecule has 0 unspecified atom stereocenters. The molecule has 0 saturated heterocycles. The van der Waals surface area contributed by atoms with Crippen molar-refractivity contribution < 1.29 is 9.59 Å². The first kappa shape index (κ1) is 16.0. The average Bonchev–Trinajstić information content (AvgIpc) is 2.27. The maximum atomic E-state index is 11.7. The molecule has 0 atom stereocenters. The van der Waals surface area contributed by atoms with Gasteiger partial charge in [-0.1, -0.05) is 11.6 Å². The number of thioether (sulfide) groups is 1. The number of carbonyl (C=O) groups excluding carboxylic acids is 2. The minimum Gasteiger partial charge on any atom is -0.325 e. The van der Waals surface area contributed by atoms with Gasteiger partial charge in [-0.05, 0) is 38.1 Å². The fourth-order valence-electron chi connectivity index (χ4n) is 1.24. The van der Waals surface area contributed by atoms with Crippen molar-refractivity contribution in [1.82, 2.24) is 5.32 Å². The highest BCUT2D eigenvalue weighted by atomic mass is 35.5. The van der Waals surface area contributed by atoms with Gasteiger partial charge in [0.15, 0.2) is 0 Å². The molecule has 4 nitrogen and oxygen atoms in total. The third-order valence-electron chi connectivity index (χ3n) is 2.07. The summed E-state index contributed by atoms with van der Waals surface area (Å²) >= 11 is 7.12. The second-order valence-corrected chi connectivity index (χ2v) is 6.29. The second-order valence-electron chi connectivity index (χ2n) is 4.87. The zero-order valence-corrected chi connectivity index (χ0v) is 12.5. The molecule has 1 rings (SSSR count). The van der Waals surface area contributed by atoms with Gasteiger partial charge in [-0.3, -0.25) is 14.9 Å². The van der Waals surface area contributed by atoms with E-state index in [0.717, 1.165) is 0 Å². The van der Waals surface area contributed by atoms with Crippen LogP contribution in [-0.4, -0.2) is 28.9 Å². The number of rotatable bonds is 5.